The van der Waals surface area contributed by atoms with Gasteiger partial charge >= 0.3 is 0 Å². The second kappa shape index (κ2) is 7.01. The van der Waals surface area contributed by atoms with Crippen molar-refractivity contribution in [1.29, 1.82) is 0 Å². The molecule has 3 nitrogen and oxygen atoms in total. The quantitative estimate of drug-likeness (QED) is 0.818. The largest absolute Gasteiger partial charge is 0.351 e. The maximum Gasteiger partial charge on any atom is 0.237 e. The first-order chi connectivity index (χ1) is 8.18. The third kappa shape index (κ3) is 3.78. The third-order valence-corrected chi connectivity index (χ3v) is 4.97. The molecule has 2 saturated carbocycles. The van der Waals surface area contributed by atoms with Gasteiger partial charge in [-0.2, -0.15) is 11.8 Å². The van der Waals surface area contributed by atoms with Crippen molar-refractivity contribution < 1.29 is 4.79 Å². The van der Waals surface area contributed by atoms with Gasteiger partial charge in [0.2, 0.25) is 5.91 Å². The third-order valence-electron chi connectivity index (χ3n) is 4.33. The van der Waals surface area contributed by atoms with E-state index in [1.807, 2.05) is 6.26 Å². The van der Waals surface area contributed by atoms with Crippen molar-refractivity contribution in [2.45, 2.75) is 57.0 Å². The molecule has 0 bridgehead atoms. The molecule has 0 heterocycles. The van der Waals surface area contributed by atoms with Gasteiger partial charge in [0.1, 0.15) is 0 Å². The van der Waals surface area contributed by atoms with Crippen molar-refractivity contribution in [1.82, 2.24) is 5.32 Å². The minimum Gasteiger partial charge on any atom is -0.351 e. The maximum atomic E-state index is 11.9. The molecule has 0 aliphatic heterocycles. The number of thioether (sulfide) groups is 1. The highest BCUT2D eigenvalue weighted by molar-refractivity contribution is 7.98. The number of rotatable bonds is 5. The lowest BCUT2D eigenvalue weighted by molar-refractivity contribution is -0.122. The van der Waals surface area contributed by atoms with Crippen molar-refractivity contribution in [3.05, 3.63) is 0 Å². The van der Waals surface area contributed by atoms with Gasteiger partial charge in [0.05, 0.1) is 6.04 Å². The molecule has 2 aliphatic carbocycles. The fourth-order valence-corrected chi connectivity index (χ4v) is 3.50. The van der Waals surface area contributed by atoms with E-state index in [0.717, 1.165) is 12.2 Å². The molecule has 2 rings (SSSR count). The topological polar surface area (TPSA) is 55.1 Å². The van der Waals surface area contributed by atoms with Crippen LogP contribution in [0.15, 0.2) is 0 Å². The Balaban J connectivity index is 0.00000162. The van der Waals surface area contributed by atoms with Crippen LogP contribution in [0.3, 0.4) is 0 Å². The molecular weight excluding hydrogens is 268 g/mol. The van der Waals surface area contributed by atoms with Crippen molar-refractivity contribution in [3.8, 4) is 0 Å². The van der Waals surface area contributed by atoms with Gasteiger partial charge in [-0.25, -0.2) is 0 Å². The van der Waals surface area contributed by atoms with Crippen LogP contribution in [-0.2, 0) is 4.79 Å². The minimum atomic E-state index is -0.316. The van der Waals surface area contributed by atoms with Gasteiger partial charge in [-0.05, 0) is 43.1 Å². The van der Waals surface area contributed by atoms with Crippen molar-refractivity contribution in [2.24, 2.45) is 11.1 Å². The average molecular weight is 293 g/mol. The summed E-state index contributed by atoms with van der Waals surface area (Å²) in [4.78, 5) is 11.9. The van der Waals surface area contributed by atoms with E-state index >= 15 is 0 Å². The molecule has 0 aromatic heterocycles. The van der Waals surface area contributed by atoms with Gasteiger partial charge in [-0.1, -0.05) is 19.3 Å². The fourth-order valence-electron chi connectivity index (χ4n) is 3.01. The molecule has 0 aromatic carbocycles. The van der Waals surface area contributed by atoms with Gasteiger partial charge in [-0.15, -0.1) is 12.4 Å². The number of carbonyl (C=O) groups excluding carboxylic acids is 1. The Hall–Kier alpha value is 0.0700. The summed E-state index contributed by atoms with van der Waals surface area (Å²) in [7, 11) is 0. The Morgan fingerprint density at radius 3 is 2.72 bits per heavy atom. The minimum absolute atomic E-state index is 0. The lowest BCUT2D eigenvalue weighted by Gasteiger charge is -2.23. The van der Waals surface area contributed by atoms with Crippen LogP contribution in [-0.4, -0.2) is 30.0 Å². The molecule has 3 N–H and O–H groups in total. The van der Waals surface area contributed by atoms with Gasteiger partial charge in [-0.3, -0.25) is 4.79 Å². The molecule has 1 spiro atoms. The number of carbonyl (C=O) groups is 1. The Bertz CT molecular complexity index is 282. The fraction of sp³-hybridized carbons (Fsp3) is 0.923. The second-order valence-corrected chi connectivity index (χ2v) is 6.56. The highest BCUT2D eigenvalue weighted by Crippen LogP contribution is 2.56. The van der Waals surface area contributed by atoms with Crippen LogP contribution >= 0.6 is 24.2 Å². The van der Waals surface area contributed by atoms with E-state index in [9.17, 15) is 4.79 Å². The van der Waals surface area contributed by atoms with Gasteiger partial charge in [0, 0.05) is 6.04 Å². The lowest BCUT2D eigenvalue weighted by atomic mass is 9.86. The van der Waals surface area contributed by atoms with Crippen LogP contribution in [0.5, 0.6) is 0 Å². The molecule has 106 valence electrons. The number of halogens is 1. The predicted molar refractivity (Wildman–Crippen MR) is 80.3 cm³/mol. The number of hydrogen-bond donors (Lipinski definition) is 2. The summed E-state index contributed by atoms with van der Waals surface area (Å²) in [5, 5.41) is 3.15. The molecule has 1 amide bonds. The predicted octanol–water partition coefficient (Wildman–Crippen LogP) is 2.33. The molecule has 2 unspecified atom stereocenters. The summed E-state index contributed by atoms with van der Waals surface area (Å²) >= 11 is 1.74. The Morgan fingerprint density at radius 1 is 1.44 bits per heavy atom. The van der Waals surface area contributed by atoms with E-state index in [1.54, 1.807) is 11.8 Å². The highest BCUT2D eigenvalue weighted by Gasteiger charge is 2.54. The molecule has 2 fully saturated rings. The number of amides is 1. The van der Waals surface area contributed by atoms with Gasteiger partial charge < -0.3 is 11.1 Å². The van der Waals surface area contributed by atoms with E-state index < -0.39 is 0 Å². The summed E-state index contributed by atoms with van der Waals surface area (Å²) in [6.07, 6.45) is 10.7. The second-order valence-electron chi connectivity index (χ2n) is 5.58. The summed E-state index contributed by atoms with van der Waals surface area (Å²) < 4.78 is 0. The normalized spacial score (nSPS) is 26.2. The average Bonchev–Trinajstić information content (AvgIpc) is 2.98. The number of hydrogen-bond acceptors (Lipinski definition) is 3. The molecule has 2 aliphatic rings. The van der Waals surface area contributed by atoms with E-state index in [2.05, 4.69) is 5.32 Å². The van der Waals surface area contributed by atoms with E-state index in [1.165, 1.54) is 38.5 Å². The van der Waals surface area contributed by atoms with Gasteiger partial charge in [0.25, 0.3) is 0 Å². The standard InChI is InChI=1S/C13H24N2OS.ClH/c1-17-8-5-10(14)12(16)15-11-9-13(11)6-3-2-4-7-13;/h10-11H,2-9,14H2,1H3,(H,15,16);1H. The lowest BCUT2D eigenvalue weighted by Crippen LogP contribution is -2.43. The van der Waals surface area contributed by atoms with Crippen LogP contribution in [0.4, 0.5) is 0 Å². The Kier molecular flexibility index (Phi) is 6.28. The van der Waals surface area contributed by atoms with E-state index in [-0.39, 0.29) is 24.4 Å². The highest BCUT2D eigenvalue weighted by atomic mass is 35.5. The summed E-state index contributed by atoms with van der Waals surface area (Å²) in [5.41, 5.74) is 6.34. The maximum absolute atomic E-state index is 11.9. The molecule has 0 saturated heterocycles. The molecule has 5 heteroatoms. The van der Waals surface area contributed by atoms with Crippen LogP contribution < -0.4 is 11.1 Å². The first-order valence-electron chi connectivity index (χ1n) is 6.73. The zero-order chi connectivity index (χ0) is 12.3. The Labute approximate surface area is 120 Å². The molecule has 2 atom stereocenters. The molecule has 18 heavy (non-hydrogen) atoms. The smallest absolute Gasteiger partial charge is 0.237 e. The van der Waals surface area contributed by atoms with Crippen molar-refractivity contribution >= 4 is 30.1 Å². The zero-order valence-corrected chi connectivity index (χ0v) is 12.7. The molecular formula is C13H25ClN2OS. The van der Waals surface area contributed by atoms with Crippen LogP contribution in [0.1, 0.15) is 44.9 Å². The Morgan fingerprint density at radius 2 is 2.11 bits per heavy atom. The summed E-state index contributed by atoms with van der Waals surface area (Å²) in [6.45, 7) is 0. The molecule has 0 aromatic rings. The van der Waals surface area contributed by atoms with Crippen LogP contribution in [0, 0.1) is 5.41 Å². The van der Waals surface area contributed by atoms with Gasteiger partial charge in [0.15, 0.2) is 0 Å². The monoisotopic (exact) mass is 292 g/mol. The summed E-state index contributed by atoms with van der Waals surface area (Å²) in [6, 6.07) is 0.110. The van der Waals surface area contributed by atoms with Crippen LogP contribution in [0.25, 0.3) is 0 Å². The van der Waals surface area contributed by atoms with Crippen LogP contribution in [0.2, 0.25) is 0 Å². The van der Waals surface area contributed by atoms with Crippen molar-refractivity contribution in [2.75, 3.05) is 12.0 Å². The van der Waals surface area contributed by atoms with E-state index in [0.29, 0.717) is 11.5 Å². The SMILES string of the molecule is CSCCC(N)C(=O)NC1CC12CCCCC2.Cl. The first-order valence-corrected chi connectivity index (χ1v) is 8.12. The molecule has 0 radical (unpaired) electrons. The number of nitrogens with one attached hydrogen (secondary N) is 1. The summed E-state index contributed by atoms with van der Waals surface area (Å²) in [5.74, 6) is 1.02. The number of nitrogens with two attached hydrogens (primary N) is 1. The van der Waals surface area contributed by atoms with E-state index in [4.69, 9.17) is 5.73 Å². The van der Waals surface area contributed by atoms with Crippen molar-refractivity contribution in [3.63, 3.8) is 0 Å². The first kappa shape index (κ1) is 16.1. The zero-order valence-electron chi connectivity index (χ0n) is 11.1.